The first-order valence-electron chi connectivity index (χ1n) is 5.68. The largest absolute Gasteiger partial charge is 0.294 e. The molecule has 0 spiro atoms. The van der Waals surface area contributed by atoms with E-state index < -0.39 is 0 Å². The number of aromatic nitrogens is 2. The molecular weight excluding hydrogens is 331 g/mol. The van der Waals surface area contributed by atoms with E-state index in [-0.39, 0.29) is 11.7 Å². The summed E-state index contributed by atoms with van der Waals surface area (Å²) in [6.07, 6.45) is 0. The fourth-order valence-electron chi connectivity index (χ4n) is 2.09. The predicted molar refractivity (Wildman–Crippen MR) is 78.3 cm³/mol. The zero-order valence-electron chi connectivity index (χ0n) is 9.78. The summed E-state index contributed by atoms with van der Waals surface area (Å²) in [6, 6.07) is 12.2. The molecule has 0 bridgehead atoms. The highest BCUT2D eigenvalue weighted by atomic mass is 79.9. The Bertz CT molecular complexity index is 754. The van der Waals surface area contributed by atoms with Crippen LogP contribution in [0.1, 0.15) is 5.82 Å². The van der Waals surface area contributed by atoms with Gasteiger partial charge in [0.05, 0.1) is 22.6 Å². The lowest BCUT2D eigenvalue weighted by Gasteiger charge is -2.10. The maximum Gasteiger partial charge on any atom is 0.129 e. The van der Waals surface area contributed by atoms with Crippen LogP contribution in [0.5, 0.6) is 0 Å². The van der Waals surface area contributed by atoms with Gasteiger partial charge >= 0.3 is 0 Å². The number of imidazole rings is 1. The molecule has 0 aliphatic carbocycles. The maximum atomic E-state index is 13.5. The lowest BCUT2D eigenvalue weighted by molar-refractivity contribution is 0.626. The molecule has 0 aliphatic rings. The molecule has 3 rings (SSSR count). The minimum atomic E-state index is -0.295. The Morgan fingerprint density at radius 3 is 2.79 bits per heavy atom. The summed E-state index contributed by atoms with van der Waals surface area (Å²) < 4.78 is 16.2. The van der Waals surface area contributed by atoms with Gasteiger partial charge in [-0.25, -0.2) is 9.37 Å². The number of nitrogens with zero attached hydrogens (tertiary/aromatic N) is 2. The van der Waals surface area contributed by atoms with E-state index in [1.54, 1.807) is 6.07 Å². The Morgan fingerprint density at radius 1 is 1.21 bits per heavy atom. The standard InChI is InChI=1S/C14H9BrClFN2/c15-10-6-5-9(17)7-13(10)19-12-4-2-1-3-11(12)18-14(19)8-16/h1-7H,8H2. The van der Waals surface area contributed by atoms with Crippen LogP contribution in [0, 0.1) is 5.82 Å². The smallest absolute Gasteiger partial charge is 0.129 e. The van der Waals surface area contributed by atoms with Crippen LogP contribution in [0.4, 0.5) is 4.39 Å². The molecule has 0 aliphatic heterocycles. The summed E-state index contributed by atoms with van der Waals surface area (Å²) >= 11 is 9.40. The molecule has 0 saturated heterocycles. The number of hydrogen-bond donors (Lipinski definition) is 0. The lowest BCUT2D eigenvalue weighted by Crippen LogP contribution is -2.00. The molecular formula is C14H9BrClFN2. The molecule has 0 atom stereocenters. The number of alkyl halides is 1. The highest BCUT2D eigenvalue weighted by Crippen LogP contribution is 2.28. The highest BCUT2D eigenvalue weighted by Gasteiger charge is 2.14. The van der Waals surface area contributed by atoms with E-state index in [2.05, 4.69) is 20.9 Å². The number of para-hydroxylation sites is 2. The average Bonchev–Trinajstić information content (AvgIpc) is 2.80. The minimum absolute atomic E-state index is 0.262. The Morgan fingerprint density at radius 2 is 2.00 bits per heavy atom. The zero-order valence-corrected chi connectivity index (χ0v) is 12.1. The van der Waals surface area contributed by atoms with Gasteiger partial charge in [-0.3, -0.25) is 4.57 Å². The van der Waals surface area contributed by atoms with Gasteiger partial charge in [-0.15, -0.1) is 11.6 Å². The molecule has 0 radical (unpaired) electrons. The van der Waals surface area contributed by atoms with Crippen LogP contribution in [0.15, 0.2) is 46.9 Å². The zero-order chi connectivity index (χ0) is 13.4. The number of rotatable bonds is 2. The van der Waals surface area contributed by atoms with Gasteiger partial charge in [0.1, 0.15) is 11.6 Å². The summed E-state index contributed by atoms with van der Waals surface area (Å²) in [4.78, 5) is 4.47. The molecule has 0 N–H and O–H groups in total. The van der Waals surface area contributed by atoms with Crippen LogP contribution in [0.3, 0.4) is 0 Å². The van der Waals surface area contributed by atoms with Gasteiger partial charge in [0, 0.05) is 4.47 Å². The fraction of sp³-hybridized carbons (Fsp3) is 0.0714. The van der Waals surface area contributed by atoms with E-state index in [1.165, 1.54) is 12.1 Å². The van der Waals surface area contributed by atoms with Crippen molar-refractivity contribution < 1.29 is 4.39 Å². The molecule has 1 aromatic heterocycles. The summed E-state index contributed by atoms with van der Waals surface area (Å²) in [5, 5.41) is 0. The molecule has 0 unspecified atom stereocenters. The van der Waals surface area contributed by atoms with Crippen molar-refractivity contribution >= 4 is 38.6 Å². The van der Waals surface area contributed by atoms with Crippen molar-refractivity contribution in [3.8, 4) is 5.69 Å². The van der Waals surface area contributed by atoms with Crippen molar-refractivity contribution in [2.24, 2.45) is 0 Å². The molecule has 3 aromatic rings. The molecule has 1 heterocycles. The molecule has 96 valence electrons. The quantitative estimate of drug-likeness (QED) is 0.621. The van der Waals surface area contributed by atoms with Crippen LogP contribution in [-0.4, -0.2) is 9.55 Å². The second-order valence-corrected chi connectivity index (χ2v) is 5.20. The first kappa shape index (κ1) is 12.6. The summed E-state index contributed by atoms with van der Waals surface area (Å²) in [5.74, 6) is 0.656. The normalized spacial score (nSPS) is 11.1. The lowest BCUT2D eigenvalue weighted by atomic mass is 10.2. The van der Waals surface area contributed by atoms with Crippen LogP contribution >= 0.6 is 27.5 Å². The summed E-state index contributed by atoms with van der Waals surface area (Å²) in [7, 11) is 0. The van der Waals surface area contributed by atoms with Gasteiger partial charge in [-0.1, -0.05) is 12.1 Å². The number of benzene rings is 2. The van der Waals surface area contributed by atoms with Crippen molar-refractivity contribution in [2.75, 3.05) is 0 Å². The van der Waals surface area contributed by atoms with E-state index in [1.807, 2.05) is 28.8 Å². The van der Waals surface area contributed by atoms with Gasteiger partial charge in [0.15, 0.2) is 0 Å². The van der Waals surface area contributed by atoms with Gasteiger partial charge in [0.2, 0.25) is 0 Å². The molecule has 5 heteroatoms. The van der Waals surface area contributed by atoms with E-state index in [4.69, 9.17) is 11.6 Å². The Balaban J connectivity index is 2.37. The van der Waals surface area contributed by atoms with Gasteiger partial charge < -0.3 is 0 Å². The highest BCUT2D eigenvalue weighted by molar-refractivity contribution is 9.10. The van der Waals surface area contributed by atoms with Crippen LogP contribution in [0.2, 0.25) is 0 Å². The van der Waals surface area contributed by atoms with Crippen molar-refractivity contribution in [1.82, 2.24) is 9.55 Å². The van der Waals surface area contributed by atoms with Crippen LogP contribution in [0.25, 0.3) is 16.7 Å². The molecule has 0 amide bonds. The second-order valence-electron chi connectivity index (χ2n) is 4.08. The molecule has 2 aromatic carbocycles. The summed E-state index contributed by atoms with van der Waals surface area (Å²) in [6.45, 7) is 0. The Labute approximate surface area is 123 Å². The molecule has 2 nitrogen and oxygen atoms in total. The van der Waals surface area contributed by atoms with E-state index in [0.717, 1.165) is 15.5 Å². The van der Waals surface area contributed by atoms with E-state index in [9.17, 15) is 4.39 Å². The maximum absolute atomic E-state index is 13.5. The molecule has 0 fully saturated rings. The predicted octanol–water partition coefficient (Wildman–Crippen LogP) is 4.67. The third kappa shape index (κ3) is 2.15. The molecule has 0 saturated carbocycles. The van der Waals surface area contributed by atoms with Crippen molar-refractivity contribution in [2.45, 2.75) is 5.88 Å². The Hall–Kier alpha value is -1.39. The number of hydrogen-bond acceptors (Lipinski definition) is 1. The van der Waals surface area contributed by atoms with Gasteiger partial charge in [-0.2, -0.15) is 0 Å². The Kier molecular flexibility index (Phi) is 3.29. The third-order valence-electron chi connectivity index (χ3n) is 2.90. The van der Waals surface area contributed by atoms with Crippen LogP contribution in [-0.2, 0) is 5.88 Å². The monoisotopic (exact) mass is 338 g/mol. The average molecular weight is 340 g/mol. The van der Waals surface area contributed by atoms with Gasteiger partial charge in [0.25, 0.3) is 0 Å². The fourth-order valence-corrected chi connectivity index (χ4v) is 2.69. The minimum Gasteiger partial charge on any atom is -0.294 e. The number of halogens is 3. The van der Waals surface area contributed by atoms with Crippen molar-refractivity contribution in [3.63, 3.8) is 0 Å². The van der Waals surface area contributed by atoms with Crippen LogP contribution < -0.4 is 0 Å². The van der Waals surface area contributed by atoms with E-state index in [0.29, 0.717) is 11.5 Å². The SMILES string of the molecule is Fc1ccc(Br)c(-n2c(CCl)nc3ccccc32)c1. The molecule has 19 heavy (non-hydrogen) atoms. The van der Waals surface area contributed by atoms with Gasteiger partial charge in [-0.05, 0) is 46.3 Å². The number of fused-ring (bicyclic) bond motifs is 1. The van der Waals surface area contributed by atoms with Crippen molar-refractivity contribution in [1.29, 1.82) is 0 Å². The first-order chi connectivity index (χ1) is 9.20. The van der Waals surface area contributed by atoms with Crippen molar-refractivity contribution in [3.05, 3.63) is 58.6 Å². The second kappa shape index (κ2) is 4.94. The van der Waals surface area contributed by atoms with E-state index >= 15 is 0 Å². The summed E-state index contributed by atoms with van der Waals surface area (Å²) in [5.41, 5.74) is 2.45. The first-order valence-corrected chi connectivity index (χ1v) is 7.01. The topological polar surface area (TPSA) is 17.8 Å². The third-order valence-corrected chi connectivity index (χ3v) is 3.81.